The van der Waals surface area contributed by atoms with Gasteiger partial charge in [-0.25, -0.2) is 14.5 Å². The third kappa shape index (κ3) is 4.03. The van der Waals surface area contributed by atoms with Crippen molar-refractivity contribution in [2.45, 2.75) is 0 Å². The Balaban J connectivity index is 1.25. The Morgan fingerprint density at radius 1 is 0.512 bits per heavy atom. The molecule has 0 fully saturated rings. The number of hydrogen-bond acceptors (Lipinski definition) is 4. The molecule has 41 heavy (non-hydrogen) atoms. The first-order chi connectivity index (χ1) is 20.3. The highest BCUT2D eigenvalue weighted by molar-refractivity contribution is 6.10. The van der Waals surface area contributed by atoms with Gasteiger partial charge in [-0.1, -0.05) is 103 Å². The number of nitrogens with zero attached hydrogens (tertiary/aromatic N) is 5. The molecule has 0 amide bonds. The van der Waals surface area contributed by atoms with Gasteiger partial charge in [0.1, 0.15) is 0 Å². The van der Waals surface area contributed by atoms with Crippen molar-refractivity contribution in [3.8, 4) is 45.0 Å². The molecule has 8 aromatic rings. The van der Waals surface area contributed by atoms with E-state index in [9.17, 15) is 0 Å². The number of fused-ring (bicyclic) bond motifs is 4. The van der Waals surface area contributed by atoms with Crippen molar-refractivity contribution in [3.63, 3.8) is 0 Å². The lowest BCUT2D eigenvalue weighted by molar-refractivity contribution is 0.967. The molecule has 0 aliphatic rings. The van der Waals surface area contributed by atoms with E-state index in [0.29, 0.717) is 5.82 Å². The molecular formula is C36H23N5. The zero-order valence-corrected chi connectivity index (χ0v) is 22.0. The molecule has 5 heteroatoms. The minimum atomic E-state index is 0.628. The van der Waals surface area contributed by atoms with Crippen LogP contribution in [0.4, 0.5) is 0 Å². The van der Waals surface area contributed by atoms with Crippen LogP contribution in [0.1, 0.15) is 0 Å². The molecule has 5 nitrogen and oxygen atoms in total. The van der Waals surface area contributed by atoms with Gasteiger partial charge in [-0.3, -0.25) is 4.98 Å². The van der Waals surface area contributed by atoms with Gasteiger partial charge in [0.2, 0.25) is 0 Å². The van der Waals surface area contributed by atoms with Crippen molar-refractivity contribution in [2.24, 2.45) is 0 Å². The van der Waals surface area contributed by atoms with Gasteiger partial charge in [-0.05, 0) is 40.8 Å². The summed E-state index contributed by atoms with van der Waals surface area (Å²) in [5.74, 6) is 0.628. The second-order valence-electron chi connectivity index (χ2n) is 10.0. The molecule has 0 radical (unpaired) electrons. The Hall–Kier alpha value is -5.68. The lowest BCUT2D eigenvalue weighted by atomic mass is 10.0. The summed E-state index contributed by atoms with van der Waals surface area (Å²) in [4.78, 5) is 14.8. The molecule has 4 heterocycles. The van der Waals surface area contributed by atoms with Crippen LogP contribution in [-0.4, -0.2) is 24.6 Å². The number of benzene rings is 4. The summed E-state index contributed by atoms with van der Waals surface area (Å²) in [6.07, 6.45) is 3.89. The number of para-hydroxylation sites is 1. The van der Waals surface area contributed by atoms with Gasteiger partial charge in [0.25, 0.3) is 0 Å². The van der Waals surface area contributed by atoms with E-state index in [1.807, 2.05) is 71.5 Å². The Morgan fingerprint density at radius 3 is 1.95 bits per heavy atom. The van der Waals surface area contributed by atoms with Gasteiger partial charge in [0.15, 0.2) is 11.5 Å². The molecule has 4 aromatic carbocycles. The molecule has 192 valence electrons. The van der Waals surface area contributed by atoms with Crippen molar-refractivity contribution < 1.29 is 0 Å². The average molecular weight is 526 g/mol. The van der Waals surface area contributed by atoms with E-state index in [-0.39, 0.29) is 0 Å². The zero-order chi connectivity index (χ0) is 27.2. The maximum Gasteiger partial charge on any atom is 0.183 e. The summed E-state index contributed by atoms with van der Waals surface area (Å²) in [5, 5.41) is 8.29. The molecule has 0 saturated heterocycles. The fourth-order valence-corrected chi connectivity index (χ4v) is 5.49. The van der Waals surface area contributed by atoms with Crippen LogP contribution in [0.15, 0.2) is 140 Å². The monoisotopic (exact) mass is 525 g/mol. The molecule has 0 saturated carbocycles. The van der Waals surface area contributed by atoms with Crippen LogP contribution in [0, 0.1) is 0 Å². The number of rotatable bonds is 4. The summed E-state index contributed by atoms with van der Waals surface area (Å²) in [7, 11) is 0. The van der Waals surface area contributed by atoms with Crippen molar-refractivity contribution in [2.75, 3.05) is 0 Å². The minimum absolute atomic E-state index is 0.628. The van der Waals surface area contributed by atoms with Crippen LogP contribution in [-0.2, 0) is 0 Å². The van der Waals surface area contributed by atoms with Crippen LogP contribution in [0.25, 0.3) is 72.4 Å². The van der Waals surface area contributed by atoms with Gasteiger partial charge in [0.05, 0.1) is 16.9 Å². The predicted octanol–water partition coefficient (Wildman–Crippen LogP) is 8.49. The molecule has 0 bridgehead atoms. The lowest BCUT2D eigenvalue weighted by Gasteiger charge is -2.09. The third-order valence-electron chi connectivity index (χ3n) is 7.50. The van der Waals surface area contributed by atoms with Gasteiger partial charge in [-0.2, -0.15) is 0 Å². The topological polar surface area (TPSA) is 56.0 Å². The first-order valence-electron chi connectivity index (χ1n) is 13.6. The standard InChI is InChI=1S/C36H23N5/c1-3-11-24(12-4-1)27-21-31(25-13-5-2-6-14-25)36-39-35(40-41(36)23-27)26-19-20-33(37-22-26)34-30-17-8-7-15-28(30)29-16-9-10-18-32(29)38-34/h1-23H. The van der Waals surface area contributed by atoms with E-state index in [2.05, 4.69) is 72.8 Å². The first-order valence-corrected chi connectivity index (χ1v) is 13.6. The van der Waals surface area contributed by atoms with Gasteiger partial charge in [0, 0.05) is 39.9 Å². The highest BCUT2D eigenvalue weighted by Crippen LogP contribution is 2.33. The largest absolute Gasteiger partial charge is 0.254 e. The van der Waals surface area contributed by atoms with Gasteiger partial charge < -0.3 is 0 Å². The van der Waals surface area contributed by atoms with Crippen molar-refractivity contribution in [3.05, 3.63) is 140 Å². The highest BCUT2D eigenvalue weighted by atomic mass is 15.3. The normalized spacial score (nSPS) is 11.4. The number of aromatic nitrogens is 5. The third-order valence-corrected chi connectivity index (χ3v) is 7.50. The lowest BCUT2D eigenvalue weighted by Crippen LogP contribution is -1.93. The summed E-state index contributed by atoms with van der Waals surface area (Å²) in [6, 6.07) is 43.5. The van der Waals surface area contributed by atoms with Crippen LogP contribution < -0.4 is 0 Å². The maximum atomic E-state index is 5.00. The Labute approximate surface area is 236 Å². The molecule has 0 aliphatic carbocycles. The zero-order valence-electron chi connectivity index (χ0n) is 22.0. The van der Waals surface area contributed by atoms with Crippen molar-refractivity contribution >= 4 is 27.3 Å². The van der Waals surface area contributed by atoms with E-state index in [0.717, 1.165) is 61.1 Å². The predicted molar refractivity (Wildman–Crippen MR) is 165 cm³/mol. The van der Waals surface area contributed by atoms with Crippen molar-refractivity contribution in [1.82, 2.24) is 24.6 Å². The quantitative estimate of drug-likeness (QED) is 0.216. The molecule has 4 aromatic heterocycles. The number of pyridine rings is 3. The fraction of sp³-hybridized carbons (Fsp3) is 0. The maximum absolute atomic E-state index is 5.00. The second kappa shape index (κ2) is 9.50. The van der Waals surface area contributed by atoms with Crippen molar-refractivity contribution in [1.29, 1.82) is 0 Å². The summed E-state index contributed by atoms with van der Waals surface area (Å²) < 4.78 is 1.88. The summed E-state index contributed by atoms with van der Waals surface area (Å²) >= 11 is 0. The van der Waals surface area contributed by atoms with Gasteiger partial charge in [-0.15, -0.1) is 5.10 Å². The van der Waals surface area contributed by atoms with Gasteiger partial charge >= 0.3 is 0 Å². The molecule has 0 spiro atoms. The second-order valence-corrected chi connectivity index (χ2v) is 10.0. The highest BCUT2D eigenvalue weighted by Gasteiger charge is 2.16. The molecule has 0 unspecified atom stereocenters. The van der Waals surface area contributed by atoms with Crippen LogP contribution in [0.3, 0.4) is 0 Å². The minimum Gasteiger partial charge on any atom is -0.254 e. The van der Waals surface area contributed by atoms with E-state index in [1.54, 1.807) is 0 Å². The molecule has 0 N–H and O–H groups in total. The molecule has 0 atom stereocenters. The van der Waals surface area contributed by atoms with E-state index < -0.39 is 0 Å². The number of hydrogen-bond donors (Lipinski definition) is 0. The molecule has 8 rings (SSSR count). The first kappa shape index (κ1) is 23.2. The van der Waals surface area contributed by atoms with Crippen LogP contribution in [0.5, 0.6) is 0 Å². The van der Waals surface area contributed by atoms with Crippen LogP contribution >= 0.6 is 0 Å². The SMILES string of the molecule is c1ccc(-c2cc(-c3ccccc3)c3nc(-c4ccc(-c5nc6ccccc6c6ccccc56)nc4)nn3c2)cc1. The molecule has 0 aliphatic heterocycles. The Bertz CT molecular complexity index is 2180. The van der Waals surface area contributed by atoms with E-state index in [4.69, 9.17) is 20.1 Å². The smallest absolute Gasteiger partial charge is 0.183 e. The Morgan fingerprint density at radius 2 is 1.20 bits per heavy atom. The summed E-state index contributed by atoms with van der Waals surface area (Å²) in [5.41, 5.74) is 8.63. The van der Waals surface area contributed by atoms with E-state index in [1.165, 1.54) is 5.39 Å². The molecular weight excluding hydrogens is 502 g/mol. The van der Waals surface area contributed by atoms with E-state index >= 15 is 0 Å². The summed E-state index contributed by atoms with van der Waals surface area (Å²) in [6.45, 7) is 0. The Kier molecular flexibility index (Phi) is 5.38. The fourth-order valence-electron chi connectivity index (χ4n) is 5.49. The van der Waals surface area contributed by atoms with Crippen LogP contribution in [0.2, 0.25) is 0 Å². The average Bonchev–Trinajstić information content (AvgIpc) is 3.49.